The number of methoxy groups -OCH3 is 1. The van der Waals surface area contributed by atoms with E-state index in [0.29, 0.717) is 43.8 Å². The lowest BCUT2D eigenvalue weighted by atomic mass is 9.70. The Labute approximate surface area is 212 Å². The van der Waals surface area contributed by atoms with E-state index in [1.54, 1.807) is 48.0 Å². The molecule has 3 amide bonds. The van der Waals surface area contributed by atoms with E-state index in [2.05, 4.69) is 26.6 Å². The Balaban J connectivity index is 1.65. The van der Waals surface area contributed by atoms with Crippen molar-refractivity contribution in [3.05, 3.63) is 24.3 Å². The van der Waals surface area contributed by atoms with Crippen LogP contribution in [0.5, 0.6) is 5.75 Å². The summed E-state index contributed by atoms with van der Waals surface area (Å²) in [7, 11) is 1.58. The highest BCUT2D eigenvalue weighted by Gasteiger charge is 2.75. The average molecular weight is 555 g/mol. The topological polar surface area (TPSA) is 108 Å². The molecule has 1 spiro atoms. The van der Waals surface area contributed by atoms with E-state index in [9.17, 15) is 19.5 Å². The fourth-order valence-corrected chi connectivity index (χ4v) is 9.23. The molecule has 1 aromatic rings. The molecule has 34 heavy (non-hydrogen) atoms. The number of unbranched alkanes of at least 4 members (excludes halogenated alkanes) is 1. The van der Waals surface area contributed by atoms with Crippen molar-refractivity contribution in [2.45, 2.75) is 53.5 Å². The summed E-state index contributed by atoms with van der Waals surface area (Å²) in [4.78, 5) is 42.4. The second-order valence-corrected chi connectivity index (χ2v) is 11.9. The third-order valence-electron chi connectivity index (χ3n) is 7.05. The van der Waals surface area contributed by atoms with Crippen molar-refractivity contribution >= 4 is 51.1 Å². The van der Waals surface area contributed by atoms with Crippen molar-refractivity contribution in [1.29, 1.82) is 0 Å². The number of hydrogen-bond donors (Lipinski definition) is 3. The molecule has 3 N–H and O–H groups in total. The van der Waals surface area contributed by atoms with Gasteiger partial charge in [0.25, 0.3) is 0 Å². The van der Waals surface area contributed by atoms with Crippen LogP contribution in [0.2, 0.25) is 0 Å². The maximum Gasteiger partial charge on any atom is 0.248 e. The van der Waals surface area contributed by atoms with Crippen molar-refractivity contribution in [1.82, 2.24) is 10.2 Å². The van der Waals surface area contributed by atoms with E-state index in [-0.39, 0.29) is 34.4 Å². The molecule has 0 aromatic heterocycles. The number of carbonyl (C=O) groups excluding carboxylic acids is 3. The SMILES string of the molecule is CCCNC(=O)[C@H]1[C@H]2C(=O)N(CCCCO)C(C(=O)Nc3ccc(OC)cc3)C23CC(Br)[C@@H]1S3. The molecule has 10 heteroatoms. The molecular formula is C24H32BrN3O5S. The molecule has 0 aliphatic carbocycles. The van der Waals surface area contributed by atoms with Crippen LogP contribution in [-0.2, 0) is 14.4 Å². The number of anilines is 1. The second kappa shape index (κ2) is 10.5. The van der Waals surface area contributed by atoms with Crippen molar-refractivity contribution in [2.75, 3.05) is 32.1 Å². The number of aliphatic hydroxyl groups excluding tert-OH is 1. The number of aliphatic hydroxyl groups is 1. The maximum absolute atomic E-state index is 13.8. The standard InChI is InChI=1S/C24H32BrN3O5S/c1-3-10-26-21(30)17-18-23(32)28(11-4-5-12-29)20(24(18)13-16(25)19(17)34-24)22(31)27-14-6-8-15(33-2)9-7-14/h6-9,16-20,29H,3-5,10-13H2,1-2H3,(H,26,30)(H,27,31)/t16?,17-,18-,19-,20?,24?/m0/s1. The average Bonchev–Trinajstić information content (AvgIpc) is 3.41. The molecule has 8 nitrogen and oxygen atoms in total. The van der Waals surface area contributed by atoms with Crippen molar-refractivity contribution in [3.63, 3.8) is 0 Å². The number of benzene rings is 1. The molecule has 186 valence electrons. The van der Waals surface area contributed by atoms with Gasteiger partial charge in [0, 0.05) is 35.5 Å². The van der Waals surface area contributed by atoms with Gasteiger partial charge in [0.1, 0.15) is 11.8 Å². The Bertz CT molecular complexity index is 932. The number of ether oxygens (including phenoxy) is 1. The van der Waals surface area contributed by atoms with E-state index in [0.717, 1.165) is 6.42 Å². The molecule has 3 heterocycles. The van der Waals surface area contributed by atoms with Crippen molar-refractivity contribution < 1.29 is 24.2 Å². The first-order valence-electron chi connectivity index (χ1n) is 11.8. The normalized spacial score (nSPS) is 31.5. The zero-order valence-electron chi connectivity index (χ0n) is 19.5. The molecule has 3 aliphatic heterocycles. The minimum atomic E-state index is -0.690. The number of rotatable bonds is 10. The second-order valence-electron chi connectivity index (χ2n) is 9.13. The lowest BCUT2D eigenvalue weighted by molar-refractivity contribution is -0.139. The number of fused-ring (bicyclic) bond motifs is 1. The Morgan fingerprint density at radius 1 is 1.26 bits per heavy atom. The number of hydrogen-bond acceptors (Lipinski definition) is 6. The smallest absolute Gasteiger partial charge is 0.248 e. The Morgan fingerprint density at radius 2 is 2.00 bits per heavy atom. The van der Waals surface area contributed by atoms with E-state index >= 15 is 0 Å². The van der Waals surface area contributed by atoms with Gasteiger partial charge in [-0.1, -0.05) is 22.9 Å². The molecule has 6 atom stereocenters. The monoisotopic (exact) mass is 553 g/mol. The lowest BCUT2D eigenvalue weighted by Crippen LogP contribution is -2.53. The number of nitrogens with one attached hydrogen (secondary N) is 2. The minimum Gasteiger partial charge on any atom is -0.497 e. The predicted octanol–water partition coefficient (Wildman–Crippen LogP) is 2.40. The van der Waals surface area contributed by atoms with Gasteiger partial charge < -0.3 is 25.4 Å². The third kappa shape index (κ3) is 4.33. The number of carbonyl (C=O) groups is 3. The summed E-state index contributed by atoms with van der Waals surface area (Å²) in [6.07, 6.45) is 2.60. The summed E-state index contributed by atoms with van der Waals surface area (Å²) in [6.45, 7) is 2.96. The highest BCUT2D eigenvalue weighted by molar-refractivity contribution is 9.09. The van der Waals surface area contributed by atoms with Gasteiger partial charge in [-0.2, -0.15) is 0 Å². The Kier molecular flexibility index (Phi) is 7.79. The van der Waals surface area contributed by atoms with Gasteiger partial charge in [0.2, 0.25) is 17.7 Å². The first-order valence-corrected chi connectivity index (χ1v) is 13.6. The van der Waals surface area contributed by atoms with Gasteiger partial charge in [0.15, 0.2) is 0 Å². The van der Waals surface area contributed by atoms with Crippen LogP contribution in [0.1, 0.15) is 32.6 Å². The van der Waals surface area contributed by atoms with Gasteiger partial charge >= 0.3 is 0 Å². The summed E-state index contributed by atoms with van der Waals surface area (Å²) >= 11 is 5.38. The zero-order valence-corrected chi connectivity index (χ0v) is 21.9. The van der Waals surface area contributed by atoms with Crippen LogP contribution in [0.25, 0.3) is 0 Å². The summed E-state index contributed by atoms with van der Waals surface area (Å²) in [6, 6.07) is 6.39. The van der Waals surface area contributed by atoms with Crippen LogP contribution >= 0.6 is 27.7 Å². The number of alkyl halides is 1. The largest absolute Gasteiger partial charge is 0.497 e. The molecule has 4 rings (SSSR count). The summed E-state index contributed by atoms with van der Waals surface area (Å²) in [5, 5.41) is 15.2. The molecular weight excluding hydrogens is 522 g/mol. The number of halogens is 1. The van der Waals surface area contributed by atoms with Crippen LogP contribution in [0.3, 0.4) is 0 Å². The number of likely N-dealkylation sites (tertiary alicyclic amines) is 1. The van der Waals surface area contributed by atoms with Gasteiger partial charge in [-0.05, 0) is 49.9 Å². The molecule has 0 radical (unpaired) electrons. The van der Waals surface area contributed by atoms with E-state index in [4.69, 9.17) is 4.74 Å². The van der Waals surface area contributed by atoms with E-state index in [1.807, 2.05) is 6.92 Å². The summed E-state index contributed by atoms with van der Waals surface area (Å²) in [5.41, 5.74) is 0.624. The minimum absolute atomic E-state index is 0.0294. The Hall–Kier alpha value is -1.78. The number of nitrogens with zero attached hydrogens (tertiary/aromatic N) is 1. The van der Waals surface area contributed by atoms with E-state index in [1.165, 1.54) is 0 Å². The third-order valence-corrected chi connectivity index (χ3v) is 10.3. The predicted molar refractivity (Wildman–Crippen MR) is 135 cm³/mol. The van der Waals surface area contributed by atoms with Crippen LogP contribution < -0.4 is 15.4 Å². The van der Waals surface area contributed by atoms with Crippen LogP contribution in [0.4, 0.5) is 5.69 Å². The Morgan fingerprint density at radius 3 is 2.65 bits per heavy atom. The molecule has 3 aliphatic rings. The number of amides is 3. The van der Waals surface area contributed by atoms with Gasteiger partial charge in [-0.3, -0.25) is 14.4 Å². The fourth-order valence-electron chi connectivity index (χ4n) is 5.62. The summed E-state index contributed by atoms with van der Waals surface area (Å²) < 4.78 is 4.53. The zero-order chi connectivity index (χ0) is 24.5. The molecule has 0 saturated carbocycles. The van der Waals surface area contributed by atoms with Crippen LogP contribution in [0, 0.1) is 11.8 Å². The van der Waals surface area contributed by atoms with Gasteiger partial charge in [0.05, 0.1) is 23.7 Å². The first kappa shape index (κ1) is 25.3. The molecule has 3 unspecified atom stereocenters. The van der Waals surface area contributed by atoms with Crippen molar-refractivity contribution in [3.8, 4) is 5.75 Å². The quantitative estimate of drug-likeness (QED) is 0.303. The van der Waals surface area contributed by atoms with Gasteiger partial charge in [-0.25, -0.2) is 0 Å². The lowest BCUT2D eigenvalue weighted by Gasteiger charge is -2.35. The summed E-state index contributed by atoms with van der Waals surface area (Å²) in [5.74, 6) is -0.789. The van der Waals surface area contributed by atoms with Crippen molar-refractivity contribution in [2.24, 2.45) is 11.8 Å². The van der Waals surface area contributed by atoms with Gasteiger partial charge in [-0.15, -0.1) is 11.8 Å². The molecule has 3 fully saturated rings. The highest BCUT2D eigenvalue weighted by atomic mass is 79.9. The molecule has 2 bridgehead atoms. The van der Waals surface area contributed by atoms with E-state index < -0.39 is 22.6 Å². The van der Waals surface area contributed by atoms with Crippen LogP contribution in [0.15, 0.2) is 24.3 Å². The molecule has 1 aromatic carbocycles. The van der Waals surface area contributed by atoms with Crippen LogP contribution in [-0.4, -0.2) is 75.4 Å². The first-order chi connectivity index (χ1) is 16.4. The fraction of sp³-hybridized carbons (Fsp3) is 0.625. The number of thioether (sulfide) groups is 1. The maximum atomic E-state index is 13.8. The highest BCUT2D eigenvalue weighted by Crippen LogP contribution is 2.67. The molecule has 3 saturated heterocycles.